The molecule has 1 aromatic carbocycles. The van der Waals surface area contributed by atoms with Gasteiger partial charge in [0, 0.05) is 16.7 Å². The fourth-order valence-corrected chi connectivity index (χ4v) is 1.94. The van der Waals surface area contributed by atoms with Crippen LogP contribution < -0.4 is 10.1 Å². The molecule has 0 unspecified atom stereocenters. The van der Waals surface area contributed by atoms with Gasteiger partial charge in [-0.05, 0) is 17.7 Å². The van der Waals surface area contributed by atoms with Crippen molar-refractivity contribution in [2.75, 3.05) is 32.4 Å². The van der Waals surface area contributed by atoms with E-state index in [2.05, 4.69) is 5.32 Å². The largest absolute Gasteiger partial charge is 0.495 e. The summed E-state index contributed by atoms with van der Waals surface area (Å²) in [7, 11) is 1.59. The first-order valence-corrected chi connectivity index (χ1v) is 5.62. The number of aliphatic hydroxyl groups excluding tert-OH is 1. The molecule has 0 saturated heterocycles. The van der Waals surface area contributed by atoms with Gasteiger partial charge in [0.25, 0.3) is 0 Å². The highest BCUT2D eigenvalue weighted by atomic mass is 35.5. The molecule has 0 bridgehead atoms. The van der Waals surface area contributed by atoms with Gasteiger partial charge in [0.2, 0.25) is 0 Å². The van der Waals surface area contributed by atoms with Gasteiger partial charge < -0.3 is 19.9 Å². The Kier molecular flexibility index (Phi) is 3.89. The molecule has 92 valence electrons. The highest BCUT2D eigenvalue weighted by Crippen LogP contribution is 2.34. The molecule has 0 saturated carbocycles. The SMILES string of the molecule is COc1cc(Cl)cc2c1NCOCC(CO)=C2. The summed E-state index contributed by atoms with van der Waals surface area (Å²) < 4.78 is 10.6. The number of anilines is 1. The number of rotatable bonds is 2. The molecule has 0 aromatic heterocycles. The Morgan fingerprint density at radius 1 is 1.53 bits per heavy atom. The van der Waals surface area contributed by atoms with Gasteiger partial charge in [-0.2, -0.15) is 0 Å². The normalized spacial score (nSPS) is 15.1. The number of hydrogen-bond acceptors (Lipinski definition) is 4. The molecule has 1 aliphatic rings. The molecule has 1 heterocycles. The Bertz CT molecular complexity index is 446. The summed E-state index contributed by atoms with van der Waals surface area (Å²) >= 11 is 6.01. The van der Waals surface area contributed by atoms with Crippen LogP contribution in [0.2, 0.25) is 5.02 Å². The Morgan fingerprint density at radius 3 is 3.06 bits per heavy atom. The fraction of sp³-hybridized carbons (Fsp3) is 0.333. The number of hydrogen-bond donors (Lipinski definition) is 2. The van der Waals surface area contributed by atoms with E-state index >= 15 is 0 Å². The molecule has 0 radical (unpaired) electrons. The van der Waals surface area contributed by atoms with Crippen molar-refractivity contribution in [3.8, 4) is 5.75 Å². The third-order valence-electron chi connectivity index (χ3n) is 2.52. The number of aliphatic hydroxyl groups is 1. The smallest absolute Gasteiger partial charge is 0.144 e. The molecule has 0 atom stereocenters. The van der Waals surface area contributed by atoms with Crippen molar-refractivity contribution >= 4 is 23.4 Å². The van der Waals surface area contributed by atoms with E-state index in [1.807, 2.05) is 12.1 Å². The summed E-state index contributed by atoms with van der Waals surface area (Å²) in [6.45, 7) is 0.731. The maximum absolute atomic E-state index is 9.20. The lowest BCUT2D eigenvalue weighted by molar-refractivity contribution is 0.164. The second kappa shape index (κ2) is 5.40. The number of fused-ring (bicyclic) bond motifs is 1. The maximum atomic E-state index is 9.20. The third kappa shape index (κ3) is 2.72. The van der Waals surface area contributed by atoms with E-state index in [0.29, 0.717) is 24.1 Å². The molecule has 17 heavy (non-hydrogen) atoms. The molecule has 1 aromatic rings. The first-order valence-electron chi connectivity index (χ1n) is 5.24. The van der Waals surface area contributed by atoms with Crippen LogP contribution in [0.1, 0.15) is 5.56 Å². The minimum absolute atomic E-state index is 0.0335. The van der Waals surface area contributed by atoms with Gasteiger partial charge in [0.05, 0.1) is 26.0 Å². The molecule has 0 fully saturated rings. The molecule has 2 N–H and O–H groups in total. The highest BCUT2D eigenvalue weighted by Gasteiger charge is 2.12. The topological polar surface area (TPSA) is 50.7 Å². The zero-order valence-corrected chi connectivity index (χ0v) is 10.3. The summed E-state index contributed by atoms with van der Waals surface area (Å²) in [5, 5.41) is 12.9. The quantitative estimate of drug-likeness (QED) is 0.850. The van der Waals surface area contributed by atoms with Gasteiger partial charge in [-0.15, -0.1) is 0 Å². The number of nitrogens with one attached hydrogen (secondary N) is 1. The van der Waals surface area contributed by atoms with Gasteiger partial charge in [0.1, 0.15) is 12.5 Å². The molecule has 1 aliphatic heterocycles. The molecule has 0 aliphatic carbocycles. The third-order valence-corrected chi connectivity index (χ3v) is 2.74. The fourth-order valence-electron chi connectivity index (χ4n) is 1.72. The van der Waals surface area contributed by atoms with Crippen molar-refractivity contribution in [2.24, 2.45) is 0 Å². The minimum atomic E-state index is -0.0335. The monoisotopic (exact) mass is 255 g/mol. The second-order valence-corrected chi connectivity index (χ2v) is 4.14. The Morgan fingerprint density at radius 2 is 2.35 bits per heavy atom. The average molecular weight is 256 g/mol. The minimum Gasteiger partial charge on any atom is -0.495 e. The van der Waals surface area contributed by atoms with E-state index < -0.39 is 0 Å². The van der Waals surface area contributed by atoms with Crippen LogP contribution in [0, 0.1) is 0 Å². The average Bonchev–Trinajstić information content (AvgIpc) is 2.30. The van der Waals surface area contributed by atoms with Gasteiger partial charge in [-0.25, -0.2) is 0 Å². The Balaban J connectivity index is 2.53. The Labute approximate surface area is 105 Å². The highest BCUT2D eigenvalue weighted by molar-refractivity contribution is 6.31. The molecule has 4 nitrogen and oxygen atoms in total. The lowest BCUT2D eigenvalue weighted by Gasteiger charge is -2.18. The summed E-state index contributed by atoms with van der Waals surface area (Å²) in [6.07, 6.45) is 1.86. The van der Waals surface area contributed by atoms with E-state index in [1.54, 1.807) is 13.2 Å². The van der Waals surface area contributed by atoms with Crippen LogP contribution >= 0.6 is 11.6 Å². The van der Waals surface area contributed by atoms with E-state index in [9.17, 15) is 5.11 Å². The standard InChI is InChI=1S/C12H14ClNO3/c1-16-11-4-10(13)3-9-2-8(5-15)6-17-7-14-12(9)11/h2-4,14-15H,5-7H2,1H3. The number of halogens is 1. The van der Waals surface area contributed by atoms with Gasteiger partial charge >= 0.3 is 0 Å². The van der Waals surface area contributed by atoms with Crippen LogP contribution in [-0.4, -0.2) is 32.2 Å². The van der Waals surface area contributed by atoms with E-state index in [1.165, 1.54) is 0 Å². The van der Waals surface area contributed by atoms with Gasteiger partial charge in [-0.1, -0.05) is 11.6 Å². The summed E-state index contributed by atoms with van der Waals surface area (Å²) in [6, 6.07) is 3.56. The first kappa shape index (κ1) is 12.2. The number of methoxy groups -OCH3 is 1. The predicted molar refractivity (Wildman–Crippen MR) is 67.5 cm³/mol. The number of ether oxygens (including phenoxy) is 2. The molecule has 2 rings (SSSR count). The molecular formula is C12H14ClNO3. The van der Waals surface area contributed by atoms with Crippen molar-refractivity contribution in [3.63, 3.8) is 0 Å². The molecule has 5 heteroatoms. The van der Waals surface area contributed by atoms with E-state index in [0.717, 1.165) is 16.8 Å². The van der Waals surface area contributed by atoms with Crippen LogP contribution in [0.3, 0.4) is 0 Å². The van der Waals surface area contributed by atoms with Crippen molar-refractivity contribution < 1.29 is 14.6 Å². The molecule has 0 spiro atoms. The molecule has 0 amide bonds. The lowest BCUT2D eigenvalue weighted by atomic mass is 10.1. The zero-order valence-electron chi connectivity index (χ0n) is 9.50. The van der Waals surface area contributed by atoms with Crippen molar-refractivity contribution in [2.45, 2.75) is 0 Å². The Hall–Kier alpha value is -1.23. The van der Waals surface area contributed by atoms with Crippen molar-refractivity contribution in [1.82, 2.24) is 0 Å². The van der Waals surface area contributed by atoms with Crippen LogP contribution in [0.5, 0.6) is 5.75 Å². The zero-order chi connectivity index (χ0) is 12.3. The maximum Gasteiger partial charge on any atom is 0.144 e. The van der Waals surface area contributed by atoms with Gasteiger partial charge in [-0.3, -0.25) is 0 Å². The van der Waals surface area contributed by atoms with Crippen LogP contribution in [-0.2, 0) is 4.74 Å². The van der Waals surface area contributed by atoms with Gasteiger partial charge in [0.15, 0.2) is 0 Å². The second-order valence-electron chi connectivity index (χ2n) is 3.70. The molecular weight excluding hydrogens is 242 g/mol. The van der Waals surface area contributed by atoms with Crippen molar-refractivity contribution in [1.29, 1.82) is 0 Å². The first-order chi connectivity index (χ1) is 8.24. The van der Waals surface area contributed by atoms with Crippen LogP contribution in [0.25, 0.3) is 6.08 Å². The van der Waals surface area contributed by atoms with Crippen LogP contribution in [0.4, 0.5) is 5.69 Å². The number of benzene rings is 1. The lowest BCUT2D eigenvalue weighted by Crippen LogP contribution is -2.14. The van der Waals surface area contributed by atoms with Crippen molar-refractivity contribution in [3.05, 3.63) is 28.3 Å². The predicted octanol–water partition coefficient (Wildman–Crippen LogP) is 2.12. The van der Waals surface area contributed by atoms with E-state index in [4.69, 9.17) is 21.1 Å². The van der Waals surface area contributed by atoms with E-state index in [-0.39, 0.29) is 6.61 Å². The summed E-state index contributed by atoms with van der Waals surface area (Å²) in [5.41, 5.74) is 2.52. The van der Waals surface area contributed by atoms with Crippen LogP contribution in [0.15, 0.2) is 17.7 Å². The summed E-state index contributed by atoms with van der Waals surface area (Å²) in [5.74, 6) is 0.659. The summed E-state index contributed by atoms with van der Waals surface area (Å²) in [4.78, 5) is 0.